The number of aryl methyl sites for hydroxylation is 2. The van der Waals surface area contributed by atoms with Gasteiger partial charge >= 0.3 is 7.37 Å². The van der Waals surface area contributed by atoms with Crippen LogP contribution in [0.1, 0.15) is 49.9 Å². The molecule has 30 heavy (non-hydrogen) atoms. The van der Waals surface area contributed by atoms with E-state index in [1.165, 1.54) is 0 Å². The maximum absolute atomic E-state index is 13.8. The van der Waals surface area contributed by atoms with Crippen molar-refractivity contribution in [2.75, 3.05) is 6.61 Å². The van der Waals surface area contributed by atoms with Crippen molar-refractivity contribution < 1.29 is 18.7 Å². The number of ketones is 1. The summed E-state index contributed by atoms with van der Waals surface area (Å²) in [5, 5.41) is 0.354. The molecule has 1 atom stereocenters. The Kier molecular flexibility index (Phi) is 6.50. The second-order valence-electron chi connectivity index (χ2n) is 7.19. The van der Waals surface area contributed by atoms with Crippen LogP contribution in [0.2, 0.25) is 0 Å². The third kappa shape index (κ3) is 3.94. The lowest BCUT2D eigenvalue weighted by Gasteiger charge is -2.21. The maximum Gasteiger partial charge on any atom is 0.300 e. The molecule has 0 bridgehead atoms. The highest BCUT2D eigenvalue weighted by Gasteiger charge is 2.38. The number of benzene rings is 3. The zero-order valence-electron chi connectivity index (χ0n) is 17.6. The van der Waals surface area contributed by atoms with Gasteiger partial charge in [-0.15, -0.1) is 0 Å². The molecule has 0 saturated heterocycles. The van der Waals surface area contributed by atoms with Gasteiger partial charge in [0.25, 0.3) is 5.52 Å². The van der Waals surface area contributed by atoms with Crippen molar-refractivity contribution in [3.05, 3.63) is 100 Å². The van der Waals surface area contributed by atoms with E-state index in [9.17, 15) is 14.2 Å². The molecule has 0 aromatic heterocycles. The van der Waals surface area contributed by atoms with Gasteiger partial charge in [-0.1, -0.05) is 54.6 Å². The van der Waals surface area contributed by atoms with Gasteiger partial charge in [0, 0.05) is 22.0 Å². The first-order chi connectivity index (χ1) is 14.3. The fraction of sp³-hybridized carbons (Fsp3) is 0.200. The second kappa shape index (κ2) is 8.91. The van der Waals surface area contributed by atoms with Gasteiger partial charge in [-0.05, 0) is 56.5 Å². The Morgan fingerprint density at radius 1 is 0.833 bits per heavy atom. The lowest BCUT2D eigenvalue weighted by Crippen LogP contribution is -2.19. The van der Waals surface area contributed by atoms with Crippen molar-refractivity contribution in [3.63, 3.8) is 0 Å². The molecule has 0 saturated carbocycles. The molecule has 0 radical (unpaired) electrons. The molecule has 3 aromatic carbocycles. The van der Waals surface area contributed by atoms with E-state index >= 15 is 0 Å². The minimum absolute atomic E-state index is 0.137. The largest absolute Gasteiger partial charge is 0.320 e. The molecule has 0 fully saturated rings. The van der Waals surface area contributed by atoms with Crippen LogP contribution in [0, 0.1) is 20.8 Å². The van der Waals surface area contributed by atoms with Gasteiger partial charge in [-0.3, -0.25) is 14.2 Å². The fourth-order valence-corrected chi connectivity index (χ4v) is 5.87. The zero-order valence-corrected chi connectivity index (χ0v) is 18.5. The molecule has 4 nitrogen and oxygen atoms in total. The van der Waals surface area contributed by atoms with E-state index in [1.54, 1.807) is 81.4 Å². The number of hydrogen-bond acceptors (Lipinski definition) is 4. The summed E-state index contributed by atoms with van der Waals surface area (Å²) in [6.45, 7) is 7.24. The van der Waals surface area contributed by atoms with Crippen molar-refractivity contribution in [2.45, 2.75) is 27.7 Å². The Morgan fingerprint density at radius 2 is 1.37 bits per heavy atom. The van der Waals surface area contributed by atoms with Crippen molar-refractivity contribution in [1.82, 2.24) is 0 Å². The number of carbonyl (C=O) groups is 2. The summed E-state index contributed by atoms with van der Waals surface area (Å²) in [6, 6.07) is 19.3. The standard InChI is InChI=1S/C25H25O4P/c1-5-29-30(28,21-14-10-7-11-15-21)25(27)23-18(3)16-17(2)22(19(23)4)24(26)20-12-8-6-9-13-20/h6-16H,5H2,1-4H3/t30-/m1/s1. The van der Waals surface area contributed by atoms with Crippen LogP contribution in [0.25, 0.3) is 0 Å². The van der Waals surface area contributed by atoms with E-state index in [-0.39, 0.29) is 12.4 Å². The first-order valence-electron chi connectivity index (χ1n) is 9.87. The SMILES string of the molecule is CCO[P@@](=O)(C(=O)c1c(C)cc(C)c(C(=O)c2ccccc2)c1C)c1ccccc1. The van der Waals surface area contributed by atoms with E-state index in [2.05, 4.69) is 0 Å². The topological polar surface area (TPSA) is 60.4 Å². The molecule has 0 aliphatic heterocycles. The Balaban J connectivity index is 2.19. The van der Waals surface area contributed by atoms with Crippen LogP contribution in [0.4, 0.5) is 0 Å². The van der Waals surface area contributed by atoms with Crippen molar-refractivity contribution in [1.29, 1.82) is 0 Å². The van der Waals surface area contributed by atoms with Crippen LogP contribution in [-0.2, 0) is 9.09 Å². The molecule has 0 amide bonds. The molecule has 154 valence electrons. The summed E-state index contributed by atoms with van der Waals surface area (Å²) in [5.74, 6) is -0.161. The lowest BCUT2D eigenvalue weighted by molar-refractivity contribution is 0.103. The van der Waals surface area contributed by atoms with Crippen LogP contribution in [-0.4, -0.2) is 17.9 Å². The third-order valence-electron chi connectivity index (χ3n) is 5.12. The summed E-state index contributed by atoms with van der Waals surface area (Å²) in [5.41, 5.74) is 2.71. The van der Waals surface area contributed by atoms with Gasteiger partial charge in [0.2, 0.25) is 0 Å². The Labute approximate surface area is 177 Å². The first-order valence-corrected chi connectivity index (χ1v) is 11.5. The monoisotopic (exact) mass is 420 g/mol. The summed E-state index contributed by atoms with van der Waals surface area (Å²) in [4.78, 5) is 26.8. The molecule has 0 aliphatic carbocycles. The summed E-state index contributed by atoms with van der Waals surface area (Å²) < 4.78 is 19.4. The van der Waals surface area contributed by atoms with Gasteiger partial charge < -0.3 is 4.52 Å². The minimum Gasteiger partial charge on any atom is -0.320 e. The highest BCUT2D eigenvalue weighted by Crippen LogP contribution is 2.50. The summed E-state index contributed by atoms with van der Waals surface area (Å²) in [7, 11) is -3.83. The number of carbonyl (C=O) groups excluding carboxylic acids is 2. The van der Waals surface area contributed by atoms with E-state index in [1.807, 2.05) is 13.0 Å². The number of rotatable bonds is 7. The molecule has 0 spiro atoms. The second-order valence-corrected chi connectivity index (χ2v) is 9.47. The third-order valence-corrected chi connectivity index (χ3v) is 7.48. The highest BCUT2D eigenvalue weighted by molar-refractivity contribution is 7.83. The molecular weight excluding hydrogens is 395 g/mol. The average molecular weight is 420 g/mol. The van der Waals surface area contributed by atoms with Crippen LogP contribution in [0.15, 0.2) is 66.7 Å². The van der Waals surface area contributed by atoms with Gasteiger partial charge in [0.15, 0.2) is 5.78 Å². The van der Waals surface area contributed by atoms with Gasteiger partial charge in [-0.25, -0.2) is 0 Å². The predicted octanol–water partition coefficient (Wildman–Crippen LogP) is 5.62. The van der Waals surface area contributed by atoms with Gasteiger partial charge in [-0.2, -0.15) is 0 Å². The molecule has 3 rings (SSSR count). The Bertz CT molecular complexity index is 1130. The van der Waals surface area contributed by atoms with E-state index in [0.717, 1.165) is 5.56 Å². The van der Waals surface area contributed by atoms with Gasteiger partial charge in [0.05, 0.1) is 6.61 Å². The van der Waals surface area contributed by atoms with E-state index in [4.69, 9.17) is 4.52 Å². The Morgan fingerprint density at radius 3 is 1.93 bits per heavy atom. The van der Waals surface area contributed by atoms with Crippen molar-refractivity contribution in [3.8, 4) is 0 Å². The van der Waals surface area contributed by atoms with E-state index in [0.29, 0.717) is 33.1 Å². The van der Waals surface area contributed by atoms with Crippen molar-refractivity contribution >= 4 is 24.0 Å². The first kappa shape index (κ1) is 21.9. The smallest absolute Gasteiger partial charge is 0.300 e. The molecular formula is C25H25O4P. The minimum atomic E-state index is -3.83. The maximum atomic E-state index is 13.8. The normalized spacial score (nSPS) is 12.9. The van der Waals surface area contributed by atoms with Crippen LogP contribution in [0.5, 0.6) is 0 Å². The molecule has 0 N–H and O–H groups in total. The zero-order chi connectivity index (χ0) is 21.9. The molecule has 0 unspecified atom stereocenters. The molecule has 0 aliphatic rings. The fourth-order valence-electron chi connectivity index (χ4n) is 3.80. The Hall–Kier alpha value is -2.81. The number of hydrogen-bond donors (Lipinski definition) is 0. The summed E-state index contributed by atoms with van der Waals surface area (Å²) >= 11 is 0. The highest BCUT2D eigenvalue weighted by atomic mass is 31.2. The van der Waals surface area contributed by atoms with Crippen LogP contribution in [0.3, 0.4) is 0 Å². The lowest BCUT2D eigenvalue weighted by atomic mass is 9.89. The molecule has 0 heterocycles. The average Bonchev–Trinajstić information content (AvgIpc) is 2.74. The van der Waals surface area contributed by atoms with Crippen LogP contribution < -0.4 is 5.30 Å². The molecule has 5 heteroatoms. The quantitative estimate of drug-likeness (QED) is 0.367. The van der Waals surface area contributed by atoms with Gasteiger partial charge in [0.1, 0.15) is 0 Å². The van der Waals surface area contributed by atoms with E-state index < -0.39 is 12.9 Å². The van der Waals surface area contributed by atoms with Crippen LogP contribution >= 0.6 is 7.37 Å². The summed E-state index contributed by atoms with van der Waals surface area (Å²) in [6.07, 6.45) is 0. The van der Waals surface area contributed by atoms with Crippen molar-refractivity contribution in [2.24, 2.45) is 0 Å². The molecule has 3 aromatic rings. The predicted molar refractivity (Wildman–Crippen MR) is 120 cm³/mol.